The summed E-state index contributed by atoms with van der Waals surface area (Å²) in [5.41, 5.74) is 3.09. The lowest BCUT2D eigenvalue weighted by atomic mass is 9.87. The minimum atomic E-state index is 0.199. The Bertz CT molecular complexity index is 901. The number of ether oxygens (including phenoxy) is 2. The van der Waals surface area contributed by atoms with E-state index in [1.54, 1.807) is 0 Å². The second kappa shape index (κ2) is 15.7. The van der Waals surface area contributed by atoms with Gasteiger partial charge in [0.15, 0.2) is 0 Å². The molecule has 0 aromatic heterocycles. The highest BCUT2D eigenvalue weighted by molar-refractivity contribution is 6.18. The Morgan fingerprint density at radius 2 is 0.975 bits per heavy atom. The molecule has 2 saturated heterocycles. The number of hydrogen-bond acceptors (Lipinski definition) is 4. The summed E-state index contributed by atoms with van der Waals surface area (Å²) in [5, 5.41) is 0. The molecule has 0 N–H and O–H groups in total. The molecule has 0 spiro atoms. The van der Waals surface area contributed by atoms with Crippen molar-refractivity contribution in [1.82, 2.24) is 9.80 Å². The zero-order valence-electron chi connectivity index (χ0n) is 25.7. The van der Waals surface area contributed by atoms with Crippen LogP contribution in [0.5, 0.6) is 11.5 Å². The number of halogens is 2. The van der Waals surface area contributed by atoms with E-state index < -0.39 is 0 Å². The van der Waals surface area contributed by atoms with Gasteiger partial charge < -0.3 is 9.47 Å². The molecule has 0 saturated carbocycles. The molecule has 2 aliphatic heterocycles. The lowest BCUT2D eigenvalue weighted by Gasteiger charge is -2.20. The number of alkyl halides is 2. The number of rotatable bonds is 10. The maximum atomic E-state index is 6.08. The number of hydrogen-bond donors (Lipinski definition) is 0. The highest BCUT2D eigenvalue weighted by atomic mass is 35.5. The van der Waals surface area contributed by atoms with Gasteiger partial charge in [-0.05, 0) is 85.0 Å². The molecule has 0 amide bonds. The summed E-state index contributed by atoms with van der Waals surface area (Å²) in [6.45, 7) is 19.9. The molecule has 0 bridgehead atoms. The molecular weight excluding hydrogens is 539 g/mol. The van der Waals surface area contributed by atoms with Crippen molar-refractivity contribution in [3.63, 3.8) is 0 Å². The topological polar surface area (TPSA) is 24.9 Å². The van der Waals surface area contributed by atoms with Crippen molar-refractivity contribution in [3.05, 3.63) is 59.7 Å². The highest BCUT2D eigenvalue weighted by Crippen LogP contribution is 2.27. The van der Waals surface area contributed by atoms with Gasteiger partial charge in [0.25, 0.3) is 0 Å². The van der Waals surface area contributed by atoms with E-state index in [0.29, 0.717) is 12.2 Å². The molecule has 2 fully saturated rings. The van der Waals surface area contributed by atoms with E-state index in [4.69, 9.17) is 32.7 Å². The third kappa shape index (κ3) is 11.1. The van der Waals surface area contributed by atoms with Gasteiger partial charge in [-0.25, -0.2) is 0 Å². The zero-order chi connectivity index (χ0) is 29.2. The van der Waals surface area contributed by atoms with Crippen LogP contribution in [0.1, 0.15) is 78.4 Å². The summed E-state index contributed by atoms with van der Waals surface area (Å²) >= 11 is 11.5. The van der Waals surface area contributed by atoms with Crippen molar-refractivity contribution in [3.8, 4) is 11.5 Å². The van der Waals surface area contributed by atoms with Crippen LogP contribution in [-0.2, 0) is 10.8 Å². The van der Waals surface area contributed by atoms with Gasteiger partial charge in [-0.3, -0.25) is 9.80 Å². The first-order valence-corrected chi connectivity index (χ1v) is 16.2. The van der Waals surface area contributed by atoms with Crippen LogP contribution >= 0.6 is 23.2 Å². The lowest BCUT2D eigenvalue weighted by molar-refractivity contribution is 0.200. The van der Waals surface area contributed by atoms with Crippen molar-refractivity contribution in [2.24, 2.45) is 0 Å². The Morgan fingerprint density at radius 1 is 0.625 bits per heavy atom. The second-order valence-corrected chi connectivity index (χ2v) is 14.0. The van der Waals surface area contributed by atoms with Gasteiger partial charge >= 0.3 is 0 Å². The van der Waals surface area contributed by atoms with E-state index in [-0.39, 0.29) is 10.8 Å². The first-order chi connectivity index (χ1) is 19.0. The molecule has 0 radical (unpaired) electrons. The van der Waals surface area contributed by atoms with E-state index in [1.807, 2.05) is 0 Å². The summed E-state index contributed by atoms with van der Waals surface area (Å²) in [4.78, 5) is 4.88. The van der Waals surface area contributed by atoms with Crippen molar-refractivity contribution in [1.29, 1.82) is 0 Å². The molecule has 4 nitrogen and oxygen atoms in total. The minimum absolute atomic E-state index is 0.199. The minimum Gasteiger partial charge on any atom is -0.489 e. The van der Waals surface area contributed by atoms with Crippen molar-refractivity contribution in [2.75, 3.05) is 51.0 Å². The molecule has 40 heavy (non-hydrogen) atoms. The molecule has 2 heterocycles. The zero-order valence-corrected chi connectivity index (χ0v) is 27.2. The molecule has 2 aromatic rings. The third-order valence-corrected chi connectivity index (χ3v) is 8.25. The molecule has 0 aliphatic carbocycles. The number of benzene rings is 2. The van der Waals surface area contributed by atoms with Gasteiger partial charge in [-0.1, -0.05) is 65.8 Å². The molecule has 2 atom stereocenters. The SMILES string of the molecule is CC(C)(C)c1ccc(OC2CCN(CCCCl)C2)cc1.CC(C)(C)c1ccc(O[C@H]2CCN(CCCCl)C2)cc1. The molecule has 6 heteroatoms. The van der Waals surface area contributed by atoms with Gasteiger partial charge in [0.2, 0.25) is 0 Å². The van der Waals surface area contributed by atoms with Gasteiger partial charge in [0, 0.05) is 37.9 Å². The first kappa shape index (κ1) is 33.0. The summed E-state index contributed by atoms with van der Waals surface area (Å²) in [6, 6.07) is 17.1. The summed E-state index contributed by atoms with van der Waals surface area (Å²) in [6.07, 6.45) is 5.01. The Hall–Kier alpha value is -1.46. The van der Waals surface area contributed by atoms with Crippen LogP contribution in [0, 0.1) is 0 Å². The Morgan fingerprint density at radius 3 is 1.27 bits per heavy atom. The Kier molecular flexibility index (Phi) is 13.0. The van der Waals surface area contributed by atoms with Crippen LogP contribution in [-0.4, -0.2) is 73.0 Å². The molecule has 1 unspecified atom stereocenters. The second-order valence-electron chi connectivity index (χ2n) is 13.3. The number of nitrogens with zero attached hydrogens (tertiary/aromatic N) is 2. The molecule has 2 aromatic carbocycles. The summed E-state index contributed by atoms with van der Waals surface area (Å²) in [5.74, 6) is 3.47. The highest BCUT2D eigenvalue weighted by Gasteiger charge is 2.24. The predicted octanol–water partition coefficient (Wildman–Crippen LogP) is 8.13. The van der Waals surface area contributed by atoms with Gasteiger partial charge in [-0.15, -0.1) is 23.2 Å². The monoisotopic (exact) mass is 590 g/mol. The fourth-order valence-electron chi connectivity index (χ4n) is 5.21. The normalized spacial score (nSPS) is 20.3. The third-order valence-electron chi connectivity index (χ3n) is 7.72. The van der Waals surface area contributed by atoms with Crippen molar-refractivity contribution < 1.29 is 9.47 Å². The van der Waals surface area contributed by atoms with E-state index in [0.717, 1.165) is 88.2 Å². The van der Waals surface area contributed by atoms with Gasteiger partial charge in [-0.2, -0.15) is 0 Å². The quantitative estimate of drug-likeness (QED) is 0.261. The Balaban J connectivity index is 0.000000220. The maximum Gasteiger partial charge on any atom is 0.119 e. The summed E-state index contributed by atoms with van der Waals surface area (Å²) < 4.78 is 12.2. The number of likely N-dealkylation sites (tertiary alicyclic amines) is 2. The van der Waals surface area contributed by atoms with Gasteiger partial charge in [0.05, 0.1) is 0 Å². The largest absolute Gasteiger partial charge is 0.489 e. The lowest BCUT2D eigenvalue weighted by Crippen LogP contribution is -2.26. The molecule has 4 rings (SSSR count). The molecule has 224 valence electrons. The van der Waals surface area contributed by atoms with E-state index in [9.17, 15) is 0 Å². The molecular formula is C34H52Cl2N2O2. The average Bonchev–Trinajstić information content (AvgIpc) is 3.55. The first-order valence-electron chi connectivity index (χ1n) is 15.1. The molecule has 2 aliphatic rings. The van der Waals surface area contributed by atoms with Crippen molar-refractivity contribution in [2.45, 2.75) is 90.3 Å². The van der Waals surface area contributed by atoms with Crippen LogP contribution in [0.3, 0.4) is 0 Å². The predicted molar refractivity (Wildman–Crippen MR) is 172 cm³/mol. The standard InChI is InChI=1S/2C17H26ClNO/c2*1-17(2,3)14-5-7-15(8-6-14)20-16-9-12-19(13-16)11-4-10-18/h2*5-8,16H,4,9-13H2,1-3H3/t16-;/m0./s1. The van der Waals surface area contributed by atoms with E-state index in [1.165, 1.54) is 11.1 Å². The summed E-state index contributed by atoms with van der Waals surface area (Å²) in [7, 11) is 0. The van der Waals surface area contributed by atoms with E-state index >= 15 is 0 Å². The van der Waals surface area contributed by atoms with Crippen LogP contribution in [0.2, 0.25) is 0 Å². The fraction of sp³-hybridized carbons (Fsp3) is 0.647. The smallest absolute Gasteiger partial charge is 0.119 e. The Labute approximate surface area is 254 Å². The fourth-order valence-corrected chi connectivity index (χ4v) is 5.45. The van der Waals surface area contributed by atoms with Crippen LogP contribution < -0.4 is 9.47 Å². The van der Waals surface area contributed by atoms with Crippen molar-refractivity contribution >= 4 is 23.2 Å². The average molecular weight is 592 g/mol. The maximum absolute atomic E-state index is 6.08. The van der Waals surface area contributed by atoms with Crippen LogP contribution in [0.15, 0.2) is 48.5 Å². The van der Waals surface area contributed by atoms with Crippen LogP contribution in [0.4, 0.5) is 0 Å². The van der Waals surface area contributed by atoms with E-state index in [2.05, 4.69) is 99.9 Å². The van der Waals surface area contributed by atoms with Gasteiger partial charge in [0.1, 0.15) is 23.7 Å². The van der Waals surface area contributed by atoms with Crippen LogP contribution in [0.25, 0.3) is 0 Å².